The highest BCUT2D eigenvalue weighted by Crippen LogP contribution is 2.27. The summed E-state index contributed by atoms with van der Waals surface area (Å²) in [6.07, 6.45) is 3.46. The maximum absolute atomic E-state index is 13.1. The summed E-state index contributed by atoms with van der Waals surface area (Å²) >= 11 is 0. The zero-order valence-corrected chi connectivity index (χ0v) is 19.4. The number of carbonyl (C=O) groups is 1. The van der Waals surface area contributed by atoms with Crippen LogP contribution in [0.15, 0.2) is 54.9 Å². The lowest BCUT2D eigenvalue weighted by atomic mass is 10.1. The van der Waals surface area contributed by atoms with E-state index in [1.54, 1.807) is 12.4 Å². The molecule has 0 radical (unpaired) electrons. The van der Waals surface area contributed by atoms with Crippen LogP contribution in [-0.4, -0.2) is 68.9 Å². The van der Waals surface area contributed by atoms with E-state index in [0.717, 1.165) is 59.7 Å². The number of likely N-dealkylation sites (N-methyl/N-ethyl adjacent to an activating group) is 1. The minimum absolute atomic E-state index is 0. The largest absolute Gasteiger partial charge is 0.350 e. The normalized spacial score (nSPS) is 14.2. The van der Waals surface area contributed by atoms with Gasteiger partial charge >= 0.3 is 0 Å². The summed E-state index contributed by atoms with van der Waals surface area (Å²) in [6.45, 7) is 5.29. The van der Waals surface area contributed by atoms with E-state index in [1.165, 1.54) is 0 Å². The molecule has 33 heavy (non-hydrogen) atoms. The van der Waals surface area contributed by atoms with E-state index in [9.17, 15) is 4.79 Å². The molecule has 2 N–H and O–H groups in total. The molecule has 0 bridgehead atoms. The van der Waals surface area contributed by atoms with Crippen LogP contribution in [0.4, 0.5) is 11.6 Å². The number of nitrogens with zero attached hydrogens (tertiary/aromatic N) is 5. The van der Waals surface area contributed by atoms with Gasteiger partial charge in [-0.25, -0.2) is 9.97 Å². The van der Waals surface area contributed by atoms with E-state index in [-0.39, 0.29) is 18.3 Å². The van der Waals surface area contributed by atoms with Gasteiger partial charge in [-0.2, -0.15) is 0 Å². The number of hydrogen-bond donors (Lipinski definition) is 2. The number of halogens is 1. The highest BCUT2D eigenvalue weighted by molar-refractivity contribution is 6.01. The standard InChI is InChI=1S/C24H25N7O.ClH/c1-16-18-15-17(27-24-26-10-8-21(29-24)20-5-3-4-9-25-20)6-7-19(18)28-22(16)23(32)31-13-11-30(2)12-14-31;/h3-10,15,28H,11-14H2,1-2H3,(H,26,27,29);1H. The van der Waals surface area contributed by atoms with Gasteiger partial charge in [-0.05, 0) is 55.9 Å². The molecule has 3 aromatic heterocycles. The fourth-order valence-electron chi connectivity index (χ4n) is 3.99. The summed E-state index contributed by atoms with van der Waals surface area (Å²) in [5.74, 6) is 0.558. The average molecular weight is 464 g/mol. The Balaban J connectivity index is 0.00000259. The second-order valence-electron chi connectivity index (χ2n) is 8.09. The Hall–Kier alpha value is -3.49. The van der Waals surface area contributed by atoms with Gasteiger partial charge in [-0.3, -0.25) is 9.78 Å². The molecule has 8 nitrogen and oxygen atoms in total. The molecule has 0 saturated carbocycles. The van der Waals surface area contributed by atoms with Crippen molar-refractivity contribution >= 4 is 40.9 Å². The molecule has 1 saturated heterocycles. The number of amides is 1. The van der Waals surface area contributed by atoms with Gasteiger partial charge in [0.15, 0.2) is 0 Å². The van der Waals surface area contributed by atoms with E-state index in [4.69, 9.17) is 0 Å². The van der Waals surface area contributed by atoms with Crippen molar-refractivity contribution in [1.82, 2.24) is 29.7 Å². The highest BCUT2D eigenvalue weighted by atomic mass is 35.5. The molecule has 170 valence electrons. The zero-order chi connectivity index (χ0) is 22.1. The van der Waals surface area contributed by atoms with Gasteiger partial charge in [0.2, 0.25) is 5.95 Å². The Kier molecular flexibility index (Phi) is 6.57. The number of nitrogens with one attached hydrogen (secondary N) is 2. The first-order valence-electron chi connectivity index (χ1n) is 10.7. The fourth-order valence-corrected chi connectivity index (χ4v) is 3.99. The van der Waals surface area contributed by atoms with Crippen LogP contribution in [0.3, 0.4) is 0 Å². The van der Waals surface area contributed by atoms with Crippen molar-refractivity contribution in [2.24, 2.45) is 0 Å². The van der Waals surface area contributed by atoms with Crippen LogP contribution >= 0.6 is 12.4 Å². The number of H-pyrrole nitrogens is 1. The molecule has 9 heteroatoms. The molecular formula is C24H26ClN7O. The molecule has 4 heterocycles. The smallest absolute Gasteiger partial charge is 0.270 e. The molecule has 0 atom stereocenters. The second kappa shape index (κ2) is 9.56. The van der Waals surface area contributed by atoms with Crippen molar-refractivity contribution < 1.29 is 4.79 Å². The van der Waals surface area contributed by atoms with Crippen molar-refractivity contribution in [1.29, 1.82) is 0 Å². The minimum Gasteiger partial charge on any atom is -0.350 e. The van der Waals surface area contributed by atoms with Crippen LogP contribution in [-0.2, 0) is 0 Å². The summed E-state index contributed by atoms with van der Waals surface area (Å²) in [5.41, 5.74) is 4.96. The predicted molar refractivity (Wildman–Crippen MR) is 132 cm³/mol. The zero-order valence-electron chi connectivity index (χ0n) is 18.6. The van der Waals surface area contributed by atoms with Crippen LogP contribution < -0.4 is 5.32 Å². The molecule has 1 fully saturated rings. The molecule has 5 rings (SSSR count). The van der Waals surface area contributed by atoms with E-state index in [2.05, 4.69) is 37.2 Å². The molecule has 0 unspecified atom stereocenters. The summed E-state index contributed by atoms with van der Waals surface area (Å²) in [7, 11) is 2.08. The van der Waals surface area contributed by atoms with E-state index >= 15 is 0 Å². The molecule has 1 amide bonds. The first-order chi connectivity index (χ1) is 15.6. The number of aryl methyl sites for hydroxylation is 1. The summed E-state index contributed by atoms with van der Waals surface area (Å²) < 4.78 is 0. The number of anilines is 2. The Morgan fingerprint density at radius 3 is 2.58 bits per heavy atom. The Bertz CT molecular complexity index is 1270. The van der Waals surface area contributed by atoms with E-state index < -0.39 is 0 Å². The molecule has 1 aliphatic rings. The quantitative estimate of drug-likeness (QED) is 0.477. The number of piperazine rings is 1. The van der Waals surface area contributed by atoms with Crippen LogP contribution in [0.25, 0.3) is 22.3 Å². The summed E-state index contributed by atoms with van der Waals surface area (Å²) in [5, 5.41) is 4.28. The third-order valence-electron chi connectivity index (χ3n) is 5.90. The number of pyridine rings is 1. The molecule has 1 aromatic carbocycles. The van der Waals surface area contributed by atoms with Crippen molar-refractivity contribution in [2.45, 2.75) is 6.92 Å². The Labute approximate surface area is 198 Å². The molecule has 0 aliphatic carbocycles. The SMILES string of the molecule is Cc1c(C(=O)N2CCN(C)CC2)[nH]c2ccc(Nc3nccc(-c4ccccn4)n3)cc12.Cl. The van der Waals surface area contributed by atoms with Gasteiger partial charge in [0, 0.05) is 55.2 Å². The maximum atomic E-state index is 13.1. The summed E-state index contributed by atoms with van der Waals surface area (Å²) in [6, 6.07) is 13.5. The van der Waals surface area contributed by atoms with Gasteiger partial charge < -0.3 is 20.1 Å². The number of aromatic nitrogens is 4. The van der Waals surface area contributed by atoms with Crippen molar-refractivity contribution in [3.63, 3.8) is 0 Å². The monoisotopic (exact) mass is 463 g/mol. The first kappa shape index (κ1) is 22.7. The number of rotatable bonds is 4. The van der Waals surface area contributed by atoms with Crippen LogP contribution in [0.5, 0.6) is 0 Å². The van der Waals surface area contributed by atoms with Crippen molar-refractivity contribution in [3.05, 3.63) is 66.1 Å². The van der Waals surface area contributed by atoms with Gasteiger partial charge in [0.25, 0.3) is 5.91 Å². The lowest BCUT2D eigenvalue weighted by Gasteiger charge is -2.32. The Morgan fingerprint density at radius 1 is 1.00 bits per heavy atom. The van der Waals surface area contributed by atoms with Crippen LogP contribution in [0.1, 0.15) is 16.1 Å². The number of benzene rings is 1. The number of aromatic amines is 1. The second-order valence-corrected chi connectivity index (χ2v) is 8.09. The minimum atomic E-state index is 0. The van der Waals surface area contributed by atoms with Gasteiger partial charge in [-0.15, -0.1) is 12.4 Å². The van der Waals surface area contributed by atoms with E-state index in [1.807, 2.05) is 54.3 Å². The van der Waals surface area contributed by atoms with Gasteiger partial charge in [-0.1, -0.05) is 6.07 Å². The van der Waals surface area contributed by atoms with E-state index in [0.29, 0.717) is 11.6 Å². The number of fused-ring (bicyclic) bond motifs is 1. The van der Waals surface area contributed by atoms with Crippen molar-refractivity contribution in [2.75, 3.05) is 38.5 Å². The molecule has 0 spiro atoms. The van der Waals surface area contributed by atoms with Crippen LogP contribution in [0.2, 0.25) is 0 Å². The molecule has 4 aromatic rings. The number of hydrogen-bond acceptors (Lipinski definition) is 6. The predicted octanol–water partition coefficient (Wildman–Crippen LogP) is 3.88. The Morgan fingerprint density at radius 2 is 1.82 bits per heavy atom. The van der Waals surface area contributed by atoms with Crippen molar-refractivity contribution in [3.8, 4) is 11.4 Å². The maximum Gasteiger partial charge on any atom is 0.270 e. The lowest BCUT2D eigenvalue weighted by molar-refractivity contribution is 0.0658. The fraction of sp³-hybridized carbons (Fsp3) is 0.250. The number of carbonyl (C=O) groups excluding carboxylic acids is 1. The molecule has 1 aliphatic heterocycles. The topological polar surface area (TPSA) is 90.0 Å². The third kappa shape index (κ3) is 4.67. The average Bonchev–Trinajstić information content (AvgIpc) is 3.16. The van der Waals surface area contributed by atoms with Crippen LogP contribution in [0, 0.1) is 6.92 Å². The molecular weight excluding hydrogens is 438 g/mol. The summed E-state index contributed by atoms with van der Waals surface area (Å²) in [4.78, 5) is 33.8. The lowest BCUT2D eigenvalue weighted by Crippen LogP contribution is -2.47. The van der Waals surface area contributed by atoms with Gasteiger partial charge in [0.05, 0.1) is 11.4 Å². The van der Waals surface area contributed by atoms with Gasteiger partial charge in [0.1, 0.15) is 5.69 Å². The first-order valence-corrected chi connectivity index (χ1v) is 10.7. The third-order valence-corrected chi connectivity index (χ3v) is 5.90. The highest BCUT2D eigenvalue weighted by Gasteiger charge is 2.24.